The molecule has 3 aromatic rings. The first-order valence-electron chi connectivity index (χ1n) is 6.80. The van der Waals surface area contributed by atoms with E-state index in [0.29, 0.717) is 11.3 Å². The molecule has 0 N–H and O–H groups in total. The SMILES string of the molecule is CS(=O)c1ccc(-c2cccnc2-c2ccccc2F)cc1. The maximum atomic E-state index is 14.1. The van der Waals surface area contributed by atoms with Crippen molar-refractivity contribution in [2.45, 2.75) is 4.90 Å². The summed E-state index contributed by atoms with van der Waals surface area (Å²) in [7, 11) is -1.01. The van der Waals surface area contributed by atoms with E-state index in [1.165, 1.54) is 6.07 Å². The van der Waals surface area contributed by atoms with Crippen molar-refractivity contribution < 1.29 is 8.60 Å². The van der Waals surface area contributed by atoms with Gasteiger partial charge in [0.25, 0.3) is 0 Å². The lowest BCUT2D eigenvalue weighted by Crippen LogP contribution is -1.92. The summed E-state index contributed by atoms with van der Waals surface area (Å²) < 4.78 is 25.5. The van der Waals surface area contributed by atoms with Gasteiger partial charge in [-0.15, -0.1) is 0 Å². The first kappa shape index (κ1) is 14.6. The van der Waals surface area contributed by atoms with Crippen molar-refractivity contribution in [3.05, 3.63) is 72.7 Å². The standard InChI is InChI=1S/C18H14FNOS/c1-22(21)14-10-8-13(9-11-14)15-6-4-12-20-18(15)16-5-2-3-7-17(16)19/h2-12H,1H3. The summed E-state index contributed by atoms with van der Waals surface area (Å²) >= 11 is 0. The Morgan fingerprint density at radius 2 is 1.59 bits per heavy atom. The molecule has 3 rings (SSSR count). The lowest BCUT2D eigenvalue weighted by Gasteiger charge is -2.10. The zero-order valence-electron chi connectivity index (χ0n) is 12.0. The van der Waals surface area contributed by atoms with Gasteiger partial charge < -0.3 is 0 Å². The van der Waals surface area contributed by atoms with Gasteiger partial charge in [-0.25, -0.2) is 4.39 Å². The molecule has 1 aromatic heterocycles. The van der Waals surface area contributed by atoms with Crippen LogP contribution in [0.15, 0.2) is 71.8 Å². The van der Waals surface area contributed by atoms with Crippen LogP contribution in [0, 0.1) is 5.82 Å². The Bertz CT molecular complexity index is 831. The molecule has 0 aliphatic heterocycles. The number of hydrogen-bond donors (Lipinski definition) is 0. The molecule has 0 bridgehead atoms. The molecule has 0 aliphatic rings. The van der Waals surface area contributed by atoms with Crippen molar-refractivity contribution in [2.75, 3.05) is 6.26 Å². The highest BCUT2D eigenvalue weighted by molar-refractivity contribution is 7.84. The lowest BCUT2D eigenvalue weighted by molar-refractivity contribution is 0.631. The van der Waals surface area contributed by atoms with Crippen LogP contribution < -0.4 is 0 Å². The van der Waals surface area contributed by atoms with E-state index in [-0.39, 0.29) is 5.82 Å². The zero-order chi connectivity index (χ0) is 15.5. The summed E-state index contributed by atoms with van der Waals surface area (Å²) in [6, 6.07) is 17.8. The molecular formula is C18H14FNOS. The molecule has 0 aliphatic carbocycles. The summed E-state index contributed by atoms with van der Waals surface area (Å²) in [4.78, 5) is 5.11. The van der Waals surface area contributed by atoms with Gasteiger partial charge in [0.05, 0.1) is 5.69 Å². The number of pyridine rings is 1. The van der Waals surface area contributed by atoms with E-state index in [0.717, 1.165) is 16.0 Å². The van der Waals surface area contributed by atoms with Gasteiger partial charge in [-0.05, 0) is 35.9 Å². The van der Waals surface area contributed by atoms with Gasteiger partial charge in [-0.2, -0.15) is 0 Å². The van der Waals surface area contributed by atoms with Gasteiger partial charge >= 0.3 is 0 Å². The van der Waals surface area contributed by atoms with Gasteiger partial charge in [-0.1, -0.05) is 30.3 Å². The molecule has 0 spiro atoms. The third-order valence-corrected chi connectivity index (χ3v) is 4.37. The first-order chi connectivity index (χ1) is 10.7. The summed E-state index contributed by atoms with van der Waals surface area (Å²) in [6.07, 6.45) is 3.30. The van der Waals surface area contributed by atoms with Crippen LogP contribution in [-0.2, 0) is 10.8 Å². The van der Waals surface area contributed by atoms with Crippen LogP contribution in [0.5, 0.6) is 0 Å². The summed E-state index contributed by atoms with van der Waals surface area (Å²) in [5.74, 6) is -0.297. The topological polar surface area (TPSA) is 30.0 Å². The van der Waals surface area contributed by atoms with E-state index in [2.05, 4.69) is 4.98 Å². The highest BCUT2D eigenvalue weighted by Crippen LogP contribution is 2.31. The smallest absolute Gasteiger partial charge is 0.132 e. The van der Waals surface area contributed by atoms with Crippen molar-refractivity contribution in [1.82, 2.24) is 4.98 Å². The van der Waals surface area contributed by atoms with Gasteiger partial charge in [0.15, 0.2) is 0 Å². The highest BCUT2D eigenvalue weighted by atomic mass is 32.2. The Morgan fingerprint density at radius 1 is 0.909 bits per heavy atom. The number of aromatic nitrogens is 1. The fourth-order valence-electron chi connectivity index (χ4n) is 2.33. The van der Waals surface area contributed by atoms with Crippen LogP contribution in [0.25, 0.3) is 22.4 Å². The largest absolute Gasteiger partial charge is 0.255 e. The van der Waals surface area contributed by atoms with Gasteiger partial charge in [0.2, 0.25) is 0 Å². The van der Waals surface area contributed by atoms with Crippen molar-refractivity contribution in [2.24, 2.45) is 0 Å². The van der Waals surface area contributed by atoms with Crippen LogP contribution in [0.2, 0.25) is 0 Å². The minimum atomic E-state index is -1.01. The third kappa shape index (κ3) is 2.83. The fraction of sp³-hybridized carbons (Fsp3) is 0.0556. The lowest BCUT2D eigenvalue weighted by atomic mass is 9.99. The minimum Gasteiger partial charge on any atom is -0.255 e. The molecule has 2 aromatic carbocycles. The van der Waals surface area contributed by atoms with Gasteiger partial charge in [0.1, 0.15) is 5.82 Å². The van der Waals surface area contributed by atoms with E-state index in [1.54, 1.807) is 30.7 Å². The molecule has 0 radical (unpaired) electrons. The van der Waals surface area contributed by atoms with E-state index < -0.39 is 10.8 Å². The third-order valence-electron chi connectivity index (χ3n) is 3.43. The van der Waals surface area contributed by atoms with Crippen molar-refractivity contribution >= 4 is 10.8 Å². The Balaban J connectivity index is 2.13. The second-order valence-corrected chi connectivity index (χ2v) is 6.24. The Morgan fingerprint density at radius 3 is 2.27 bits per heavy atom. The number of nitrogens with zero attached hydrogens (tertiary/aromatic N) is 1. The van der Waals surface area contributed by atoms with Crippen LogP contribution in [-0.4, -0.2) is 15.4 Å². The molecule has 0 saturated carbocycles. The van der Waals surface area contributed by atoms with Crippen LogP contribution in [0.3, 0.4) is 0 Å². The molecule has 22 heavy (non-hydrogen) atoms. The minimum absolute atomic E-state index is 0.297. The Labute approximate surface area is 131 Å². The molecule has 1 unspecified atom stereocenters. The molecule has 0 fully saturated rings. The maximum absolute atomic E-state index is 14.1. The molecule has 4 heteroatoms. The molecule has 1 heterocycles. The summed E-state index contributed by atoms with van der Waals surface area (Å²) in [5.41, 5.74) is 2.84. The van der Waals surface area contributed by atoms with E-state index >= 15 is 0 Å². The second-order valence-electron chi connectivity index (χ2n) is 4.86. The van der Waals surface area contributed by atoms with Crippen molar-refractivity contribution in [3.63, 3.8) is 0 Å². The highest BCUT2D eigenvalue weighted by Gasteiger charge is 2.12. The van der Waals surface area contributed by atoms with E-state index in [9.17, 15) is 8.60 Å². The predicted molar refractivity (Wildman–Crippen MR) is 87.4 cm³/mol. The van der Waals surface area contributed by atoms with Crippen molar-refractivity contribution in [3.8, 4) is 22.4 Å². The molecule has 0 amide bonds. The summed E-state index contributed by atoms with van der Waals surface area (Å²) in [6.45, 7) is 0. The fourth-order valence-corrected chi connectivity index (χ4v) is 2.85. The predicted octanol–water partition coefficient (Wildman–Crippen LogP) is 4.29. The first-order valence-corrected chi connectivity index (χ1v) is 8.36. The molecule has 1 atom stereocenters. The molecule has 2 nitrogen and oxygen atoms in total. The summed E-state index contributed by atoms with van der Waals surface area (Å²) in [5, 5.41) is 0. The zero-order valence-corrected chi connectivity index (χ0v) is 12.8. The number of halogens is 1. The van der Waals surface area contributed by atoms with Gasteiger partial charge in [0, 0.05) is 39.3 Å². The molecular weight excluding hydrogens is 297 g/mol. The van der Waals surface area contributed by atoms with Gasteiger partial charge in [-0.3, -0.25) is 9.19 Å². The van der Waals surface area contributed by atoms with Crippen LogP contribution >= 0.6 is 0 Å². The average molecular weight is 311 g/mol. The number of benzene rings is 2. The second kappa shape index (κ2) is 6.20. The maximum Gasteiger partial charge on any atom is 0.132 e. The average Bonchev–Trinajstić information content (AvgIpc) is 2.55. The van der Waals surface area contributed by atoms with Crippen LogP contribution in [0.4, 0.5) is 4.39 Å². The monoisotopic (exact) mass is 311 g/mol. The van der Waals surface area contributed by atoms with E-state index in [1.807, 2.05) is 36.4 Å². The normalized spacial score (nSPS) is 12.1. The Hall–Kier alpha value is -2.33. The molecule has 0 saturated heterocycles. The van der Waals surface area contributed by atoms with Crippen molar-refractivity contribution in [1.29, 1.82) is 0 Å². The van der Waals surface area contributed by atoms with Crippen LogP contribution in [0.1, 0.15) is 0 Å². The number of hydrogen-bond acceptors (Lipinski definition) is 2. The number of rotatable bonds is 3. The molecule has 110 valence electrons. The quantitative estimate of drug-likeness (QED) is 0.722. The Kier molecular flexibility index (Phi) is 4.11. The van der Waals surface area contributed by atoms with E-state index in [4.69, 9.17) is 0 Å².